The molecule has 9 aromatic carbocycles. The van der Waals surface area contributed by atoms with Crippen LogP contribution in [0, 0.1) is 0 Å². The van der Waals surface area contributed by atoms with Crippen LogP contribution in [0.15, 0.2) is 228 Å². The van der Waals surface area contributed by atoms with Crippen molar-refractivity contribution in [2.24, 2.45) is 0 Å². The van der Waals surface area contributed by atoms with Crippen molar-refractivity contribution >= 4 is 33.4 Å². The van der Waals surface area contributed by atoms with Gasteiger partial charge in [0, 0.05) is 42.8 Å². The molecule has 0 saturated heterocycles. The van der Waals surface area contributed by atoms with E-state index in [1.54, 1.807) is 0 Å². The fraction of sp³-hybridized carbons (Fsp3) is 0.0169. The molecule has 0 atom stereocenters. The van der Waals surface area contributed by atoms with E-state index in [-0.39, 0.29) is 0 Å². The van der Waals surface area contributed by atoms with Crippen molar-refractivity contribution < 1.29 is 0 Å². The quantitative estimate of drug-likeness (QED) is 0.162. The SMILES string of the molecule is c1ccc(-c2ccc(-c3nc(-c4ccccc4)nc(-c4ccc5c(c4)nc(-c4ccccc4)c4cc6c(cc45)C4(c5ccccc5Sc5ccccc54)c4ccccc4-6)n3)cc2)cc1. The van der Waals surface area contributed by atoms with Gasteiger partial charge in [0.2, 0.25) is 0 Å². The zero-order valence-corrected chi connectivity index (χ0v) is 35.3. The molecule has 1 spiro atoms. The lowest BCUT2D eigenvalue weighted by molar-refractivity contribution is 0.723. The van der Waals surface area contributed by atoms with Gasteiger partial charge in [0.1, 0.15) is 0 Å². The first-order valence-corrected chi connectivity index (χ1v) is 22.4. The van der Waals surface area contributed by atoms with Crippen LogP contribution in [0.5, 0.6) is 0 Å². The number of benzene rings is 9. The van der Waals surface area contributed by atoms with E-state index in [0.717, 1.165) is 55.2 Å². The maximum absolute atomic E-state index is 5.54. The molecule has 0 saturated carbocycles. The van der Waals surface area contributed by atoms with Crippen LogP contribution in [0.2, 0.25) is 0 Å². The summed E-state index contributed by atoms with van der Waals surface area (Å²) in [5.41, 5.74) is 15.2. The molecule has 5 heteroatoms. The van der Waals surface area contributed by atoms with Gasteiger partial charge in [0.05, 0.1) is 16.6 Å². The van der Waals surface area contributed by atoms with E-state index < -0.39 is 5.41 Å². The molecular weight excluding hydrogens is 797 g/mol. The molecule has 2 aromatic heterocycles. The van der Waals surface area contributed by atoms with Crippen molar-refractivity contribution in [2.75, 3.05) is 0 Å². The summed E-state index contributed by atoms with van der Waals surface area (Å²) in [4.78, 5) is 23.5. The van der Waals surface area contributed by atoms with Crippen LogP contribution < -0.4 is 0 Å². The van der Waals surface area contributed by atoms with Gasteiger partial charge in [-0.2, -0.15) is 0 Å². The molecule has 0 amide bonds. The highest BCUT2D eigenvalue weighted by molar-refractivity contribution is 7.99. The molecule has 298 valence electrons. The summed E-state index contributed by atoms with van der Waals surface area (Å²) >= 11 is 1.87. The van der Waals surface area contributed by atoms with Gasteiger partial charge in [-0.3, -0.25) is 0 Å². The number of nitrogens with zero attached hydrogens (tertiary/aromatic N) is 4. The minimum atomic E-state index is -0.491. The highest BCUT2D eigenvalue weighted by atomic mass is 32.2. The van der Waals surface area contributed by atoms with Crippen LogP contribution in [0.25, 0.3) is 89.4 Å². The molecule has 0 bridgehead atoms. The van der Waals surface area contributed by atoms with Crippen molar-refractivity contribution in [2.45, 2.75) is 15.2 Å². The minimum Gasteiger partial charge on any atom is -0.247 e. The fourth-order valence-electron chi connectivity index (χ4n) is 10.1. The van der Waals surface area contributed by atoms with Crippen molar-refractivity contribution in [1.82, 2.24) is 19.9 Å². The summed E-state index contributed by atoms with van der Waals surface area (Å²) in [5.74, 6) is 1.83. The van der Waals surface area contributed by atoms with Gasteiger partial charge < -0.3 is 0 Å². The zero-order chi connectivity index (χ0) is 42.2. The molecule has 13 rings (SSSR count). The molecule has 4 nitrogen and oxygen atoms in total. The molecule has 3 heterocycles. The second-order valence-electron chi connectivity index (χ2n) is 16.5. The van der Waals surface area contributed by atoms with Gasteiger partial charge in [0.15, 0.2) is 17.5 Å². The predicted molar refractivity (Wildman–Crippen MR) is 261 cm³/mol. The van der Waals surface area contributed by atoms with Crippen LogP contribution in [-0.4, -0.2) is 19.9 Å². The van der Waals surface area contributed by atoms with Crippen molar-refractivity contribution in [1.29, 1.82) is 0 Å². The Balaban J connectivity index is 1.05. The van der Waals surface area contributed by atoms with Crippen LogP contribution in [-0.2, 0) is 5.41 Å². The van der Waals surface area contributed by atoms with E-state index in [1.165, 1.54) is 48.7 Å². The normalized spacial score (nSPS) is 13.1. The Morgan fingerprint density at radius 2 is 0.781 bits per heavy atom. The summed E-state index contributed by atoms with van der Waals surface area (Å²) in [7, 11) is 0. The van der Waals surface area contributed by atoms with Crippen LogP contribution in [0.4, 0.5) is 0 Å². The third kappa shape index (κ3) is 5.64. The third-order valence-corrected chi connectivity index (χ3v) is 14.1. The third-order valence-electron chi connectivity index (χ3n) is 13.0. The largest absolute Gasteiger partial charge is 0.247 e. The van der Waals surface area contributed by atoms with Crippen molar-refractivity contribution in [3.8, 4) is 67.7 Å². The van der Waals surface area contributed by atoms with Gasteiger partial charge >= 0.3 is 0 Å². The monoisotopic (exact) mass is 832 g/mol. The Bertz CT molecular complexity index is 3580. The Hall–Kier alpha value is -7.99. The maximum atomic E-state index is 5.54. The average Bonchev–Trinajstić information content (AvgIpc) is 3.65. The Morgan fingerprint density at radius 1 is 0.297 bits per heavy atom. The van der Waals surface area contributed by atoms with Gasteiger partial charge in [-0.05, 0) is 80.2 Å². The van der Waals surface area contributed by atoms with Crippen LogP contribution in [0.1, 0.15) is 22.3 Å². The number of pyridine rings is 1. The summed E-state index contributed by atoms with van der Waals surface area (Å²) in [6.45, 7) is 0. The lowest BCUT2D eigenvalue weighted by Gasteiger charge is -2.39. The number of hydrogen-bond acceptors (Lipinski definition) is 5. The van der Waals surface area contributed by atoms with E-state index in [4.69, 9.17) is 19.9 Å². The fourth-order valence-corrected chi connectivity index (χ4v) is 11.3. The van der Waals surface area contributed by atoms with E-state index >= 15 is 0 Å². The van der Waals surface area contributed by atoms with Gasteiger partial charge in [-0.15, -0.1) is 0 Å². The highest BCUT2D eigenvalue weighted by Gasteiger charge is 2.50. The van der Waals surface area contributed by atoms with E-state index in [1.807, 2.05) is 48.2 Å². The van der Waals surface area contributed by atoms with E-state index in [0.29, 0.717) is 17.5 Å². The Morgan fingerprint density at radius 3 is 1.44 bits per heavy atom. The predicted octanol–water partition coefficient (Wildman–Crippen LogP) is 14.7. The molecular formula is C59H36N4S. The molecule has 0 N–H and O–H groups in total. The Labute approximate surface area is 375 Å². The first-order chi connectivity index (χ1) is 31.7. The van der Waals surface area contributed by atoms with Gasteiger partial charge in [-0.1, -0.05) is 200 Å². The Kier molecular flexibility index (Phi) is 8.33. The number of aromatic nitrogens is 4. The molecule has 64 heavy (non-hydrogen) atoms. The number of fused-ring (bicyclic) bond motifs is 12. The summed E-state index contributed by atoms with van der Waals surface area (Å²) in [6, 6.07) is 78.0. The number of rotatable bonds is 5. The summed E-state index contributed by atoms with van der Waals surface area (Å²) in [6.07, 6.45) is 0. The molecule has 2 aliphatic rings. The molecule has 0 fully saturated rings. The molecule has 0 radical (unpaired) electrons. The number of hydrogen-bond donors (Lipinski definition) is 0. The topological polar surface area (TPSA) is 51.6 Å². The van der Waals surface area contributed by atoms with E-state index in [9.17, 15) is 0 Å². The average molecular weight is 833 g/mol. The van der Waals surface area contributed by atoms with Crippen LogP contribution in [0.3, 0.4) is 0 Å². The lowest BCUT2D eigenvalue weighted by atomic mass is 9.67. The van der Waals surface area contributed by atoms with Gasteiger partial charge in [0.25, 0.3) is 0 Å². The summed E-state index contributed by atoms with van der Waals surface area (Å²) in [5, 5.41) is 3.36. The molecule has 1 aliphatic heterocycles. The molecule has 0 unspecified atom stereocenters. The first kappa shape index (κ1) is 36.6. The zero-order valence-electron chi connectivity index (χ0n) is 34.5. The standard InChI is InChI=1S/C59H36N4S/c1-4-16-37(17-5-1)38-28-30-41(31-29-38)57-61-56(40-20-8-3-9-21-40)62-58(63-57)42-32-33-44-45-36-51-46(35-47(45)55(60-52(44)34-42)39-18-6-2-7-19-39)43-22-10-11-23-48(43)59(51)49-24-12-14-26-53(49)64-54-27-15-13-25-50(54)59/h1-36H. The second kappa shape index (κ2) is 14.6. The molecule has 1 aliphatic carbocycles. The summed E-state index contributed by atoms with van der Waals surface area (Å²) < 4.78 is 0. The van der Waals surface area contributed by atoms with Gasteiger partial charge in [-0.25, -0.2) is 19.9 Å². The van der Waals surface area contributed by atoms with Crippen molar-refractivity contribution in [3.63, 3.8) is 0 Å². The lowest BCUT2D eigenvalue weighted by Crippen LogP contribution is -2.31. The van der Waals surface area contributed by atoms with Crippen LogP contribution >= 0.6 is 11.8 Å². The molecule has 11 aromatic rings. The highest BCUT2D eigenvalue weighted by Crippen LogP contribution is 2.63. The van der Waals surface area contributed by atoms with Crippen molar-refractivity contribution in [3.05, 3.63) is 241 Å². The second-order valence-corrected chi connectivity index (χ2v) is 17.6. The first-order valence-electron chi connectivity index (χ1n) is 21.6. The van der Waals surface area contributed by atoms with E-state index in [2.05, 4.69) is 182 Å². The minimum absolute atomic E-state index is 0.491. The maximum Gasteiger partial charge on any atom is 0.164 e. The smallest absolute Gasteiger partial charge is 0.164 e.